The lowest BCUT2D eigenvalue weighted by Crippen LogP contribution is -2.21. The molecule has 0 spiro atoms. The van der Waals surface area contributed by atoms with Gasteiger partial charge < -0.3 is 40.9 Å². The van der Waals surface area contributed by atoms with Crippen LogP contribution in [0.5, 0.6) is 0 Å². The Morgan fingerprint density at radius 1 is 0.654 bits per heavy atom. The second-order valence-corrected chi connectivity index (χ2v) is 6.04. The van der Waals surface area contributed by atoms with Crippen LogP contribution in [-0.4, -0.2) is 85.8 Å². The van der Waals surface area contributed by atoms with Crippen molar-refractivity contribution in [2.45, 2.75) is 89.6 Å². The second-order valence-electron chi connectivity index (χ2n) is 6.04. The quantitative estimate of drug-likeness (QED) is 0.211. The first kappa shape index (κ1) is 30.4. The summed E-state index contributed by atoms with van der Waals surface area (Å²) in [6.45, 7) is 2.22. The van der Waals surface area contributed by atoms with Crippen molar-refractivity contribution in [1.82, 2.24) is 0 Å². The Hall–Kier alpha value is -0.320. The highest BCUT2D eigenvalue weighted by Crippen LogP contribution is 2.17. The van der Waals surface area contributed by atoms with E-state index in [9.17, 15) is 0 Å². The Bertz CT molecular complexity index is 203. The summed E-state index contributed by atoms with van der Waals surface area (Å²) in [6.07, 6.45) is 6.88. The van der Waals surface area contributed by atoms with Gasteiger partial charge in [-0.05, 0) is 44.9 Å². The van der Waals surface area contributed by atoms with Crippen LogP contribution >= 0.6 is 0 Å². The predicted octanol–water partition coefficient (Wildman–Crippen LogP) is -0.118. The Kier molecular flexibility index (Phi) is 31.5. The van der Waals surface area contributed by atoms with Gasteiger partial charge in [0.15, 0.2) is 6.29 Å². The molecular weight excluding hydrogens is 344 g/mol. The Morgan fingerprint density at radius 3 is 1.15 bits per heavy atom. The van der Waals surface area contributed by atoms with Gasteiger partial charge in [-0.1, -0.05) is 26.2 Å². The third-order valence-corrected chi connectivity index (χ3v) is 3.38. The number of aliphatic hydroxyl groups excluding tert-OH is 7. The van der Waals surface area contributed by atoms with Gasteiger partial charge in [-0.3, -0.25) is 0 Å². The zero-order chi connectivity index (χ0) is 20.6. The summed E-state index contributed by atoms with van der Waals surface area (Å²) >= 11 is 0. The molecule has 0 amide bonds. The summed E-state index contributed by atoms with van der Waals surface area (Å²) in [5.74, 6) is 0. The molecular formula is C18H42O8. The van der Waals surface area contributed by atoms with Crippen molar-refractivity contribution in [1.29, 1.82) is 0 Å². The van der Waals surface area contributed by atoms with Crippen LogP contribution in [0.15, 0.2) is 0 Å². The Labute approximate surface area is 157 Å². The fourth-order valence-corrected chi connectivity index (χ4v) is 1.89. The number of aliphatic hydroxyl groups is 8. The van der Waals surface area contributed by atoms with Gasteiger partial charge in [0, 0.05) is 13.2 Å². The minimum Gasteiger partial charge on any atom is -0.396 e. The van der Waals surface area contributed by atoms with Crippen LogP contribution in [0, 0.1) is 0 Å². The molecule has 0 aromatic carbocycles. The number of rotatable bonds is 8. The molecule has 0 bridgehead atoms. The van der Waals surface area contributed by atoms with E-state index in [1.54, 1.807) is 0 Å². The van der Waals surface area contributed by atoms with Crippen LogP contribution < -0.4 is 0 Å². The molecule has 0 heterocycles. The maximum atomic E-state index is 8.92. The molecule has 8 N–H and O–H groups in total. The third-order valence-electron chi connectivity index (χ3n) is 3.38. The van der Waals surface area contributed by atoms with E-state index in [0.29, 0.717) is 6.42 Å². The molecule has 0 radical (unpaired) electrons. The van der Waals surface area contributed by atoms with Gasteiger partial charge in [-0.2, -0.15) is 0 Å². The maximum absolute atomic E-state index is 8.92. The zero-order valence-corrected chi connectivity index (χ0v) is 16.2. The van der Waals surface area contributed by atoms with Crippen LogP contribution in [0.3, 0.4) is 0 Å². The molecule has 1 aliphatic rings. The number of hydrogen-bond acceptors (Lipinski definition) is 8. The highest BCUT2D eigenvalue weighted by Gasteiger charge is 2.15. The lowest BCUT2D eigenvalue weighted by Gasteiger charge is -2.20. The van der Waals surface area contributed by atoms with Crippen molar-refractivity contribution in [2.24, 2.45) is 0 Å². The van der Waals surface area contributed by atoms with Gasteiger partial charge in [0.05, 0.1) is 25.4 Å². The van der Waals surface area contributed by atoms with Gasteiger partial charge in [-0.25, -0.2) is 0 Å². The summed E-state index contributed by atoms with van der Waals surface area (Å²) in [7, 11) is 0. The van der Waals surface area contributed by atoms with Gasteiger partial charge in [0.1, 0.15) is 0 Å². The zero-order valence-electron chi connectivity index (χ0n) is 16.2. The monoisotopic (exact) mass is 386 g/mol. The Morgan fingerprint density at radius 2 is 1.00 bits per heavy atom. The molecule has 0 unspecified atom stereocenters. The molecule has 1 rings (SSSR count). The van der Waals surface area contributed by atoms with Crippen molar-refractivity contribution in [3.8, 4) is 0 Å². The van der Waals surface area contributed by atoms with E-state index in [0.717, 1.165) is 57.8 Å². The van der Waals surface area contributed by atoms with E-state index >= 15 is 0 Å². The van der Waals surface area contributed by atoms with Gasteiger partial charge in [0.2, 0.25) is 0 Å². The van der Waals surface area contributed by atoms with E-state index in [2.05, 4.69) is 0 Å². The fraction of sp³-hybridized carbons (Fsp3) is 1.00. The van der Waals surface area contributed by atoms with Crippen molar-refractivity contribution < 1.29 is 40.9 Å². The van der Waals surface area contributed by atoms with E-state index in [-0.39, 0.29) is 38.6 Å². The van der Waals surface area contributed by atoms with Gasteiger partial charge in [-0.15, -0.1) is 0 Å². The van der Waals surface area contributed by atoms with Crippen molar-refractivity contribution in [2.75, 3.05) is 26.4 Å². The molecule has 1 fully saturated rings. The van der Waals surface area contributed by atoms with Crippen LogP contribution in [0.1, 0.15) is 71.1 Å². The lowest BCUT2D eigenvalue weighted by molar-refractivity contribution is -0.0453. The molecule has 0 aromatic heterocycles. The topological polar surface area (TPSA) is 162 Å². The highest BCUT2D eigenvalue weighted by atomic mass is 16.5. The number of unbranched alkanes of at least 4 members (excludes halogenated alkanes) is 3. The SMILES string of the molecule is CCCC(O)O.OC1CCC(O)CC1.OCCCCCCO.OCCO. The van der Waals surface area contributed by atoms with Crippen LogP contribution in [0.25, 0.3) is 0 Å². The maximum Gasteiger partial charge on any atom is 0.151 e. The summed E-state index contributed by atoms with van der Waals surface area (Å²) in [6, 6.07) is 0. The molecule has 26 heavy (non-hydrogen) atoms. The summed E-state index contributed by atoms with van der Waals surface area (Å²) in [5, 5.41) is 65.9. The van der Waals surface area contributed by atoms with Gasteiger partial charge >= 0.3 is 0 Å². The minimum atomic E-state index is -1.10. The first-order chi connectivity index (χ1) is 12.4. The van der Waals surface area contributed by atoms with Crippen molar-refractivity contribution in [3.63, 3.8) is 0 Å². The van der Waals surface area contributed by atoms with Crippen molar-refractivity contribution in [3.05, 3.63) is 0 Å². The first-order valence-electron chi connectivity index (χ1n) is 9.55. The van der Waals surface area contributed by atoms with Crippen LogP contribution in [0.2, 0.25) is 0 Å². The molecule has 8 heteroatoms. The molecule has 0 atom stereocenters. The lowest BCUT2D eigenvalue weighted by atomic mass is 9.95. The standard InChI is InChI=1S/C6H12O2.C6H14O2.C4H10O2.C2H6O2/c7-5-1-2-6(8)4-3-5;7-5-3-1-2-4-6-8;1-2-3-4(5)6;3-1-2-4/h5-8H,1-4H2;7-8H,1-6H2;4-6H,2-3H2,1H3;3-4H,1-2H2. The summed E-state index contributed by atoms with van der Waals surface area (Å²) < 4.78 is 0. The smallest absolute Gasteiger partial charge is 0.151 e. The van der Waals surface area contributed by atoms with E-state index in [1.165, 1.54) is 0 Å². The predicted molar refractivity (Wildman–Crippen MR) is 100 cm³/mol. The van der Waals surface area contributed by atoms with Crippen LogP contribution in [0.4, 0.5) is 0 Å². The molecule has 0 saturated heterocycles. The van der Waals surface area contributed by atoms with Gasteiger partial charge in [0.25, 0.3) is 0 Å². The summed E-state index contributed by atoms with van der Waals surface area (Å²) in [5.41, 5.74) is 0. The van der Waals surface area contributed by atoms with E-state index < -0.39 is 6.29 Å². The van der Waals surface area contributed by atoms with E-state index in [4.69, 9.17) is 40.9 Å². The molecule has 0 aromatic rings. The molecule has 8 nitrogen and oxygen atoms in total. The third kappa shape index (κ3) is 34.9. The highest BCUT2D eigenvalue weighted by molar-refractivity contribution is 4.69. The van der Waals surface area contributed by atoms with E-state index in [1.807, 2.05) is 6.92 Å². The largest absolute Gasteiger partial charge is 0.396 e. The molecule has 162 valence electrons. The minimum absolute atomic E-state index is 0.125. The average molecular weight is 387 g/mol. The Balaban J connectivity index is -0.000000281. The first-order valence-corrected chi connectivity index (χ1v) is 9.55. The number of hydrogen-bond donors (Lipinski definition) is 8. The molecule has 1 saturated carbocycles. The van der Waals surface area contributed by atoms with Crippen molar-refractivity contribution >= 4 is 0 Å². The average Bonchev–Trinajstić information content (AvgIpc) is 2.62. The normalized spacial score (nSPS) is 18.7. The molecule has 0 aliphatic heterocycles. The van der Waals surface area contributed by atoms with Crippen LogP contribution in [-0.2, 0) is 0 Å². The fourth-order valence-electron chi connectivity index (χ4n) is 1.89. The second kappa shape index (κ2) is 26.9. The summed E-state index contributed by atoms with van der Waals surface area (Å²) in [4.78, 5) is 0. The molecule has 1 aliphatic carbocycles.